The minimum absolute atomic E-state index is 0.165. The normalized spacial score (nSPS) is 21.0. The molecule has 194 valence electrons. The summed E-state index contributed by atoms with van der Waals surface area (Å²) >= 11 is 0. The lowest BCUT2D eigenvalue weighted by Gasteiger charge is -2.42. The number of rotatable bonds is 2. The van der Waals surface area contributed by atoms with E-state index in [1.54, 1.807) is 0 Å². The molecule has 1 heterocycles. The maximum atomic E-state index is 6.50. The average Bonchev–Trinajstić information content (AvgIpc) is 3.19. The van der Waals surface area contributed by atoms with Crippen LogP contribution in [0.1, 0.15) is 109 Å². The van der Waals surface area contributed by atoms with E-state index in [4.69, 9.17) is 4.42 Å². The van der Waals surface area contributed by atoms with Gasteiger partial charge in [0.1, 0.15) is 11.2 Å². The van der Waals surface area contributed by atoms with E-state index in [1.807, 2.05) is 0 Å². The van der Waals surface area contributed by atoms with Crippen LogP contribution in [0.2, 0.25) is 0 Å². The molecule has 1 N–H and O–H groups in total. The average molecular weight is 494 g/mol. The van der Waals surface area contributed by atoms with Gasteiger partial charge in [-0.3, -0.25) is 0 Å². The third-order valence-electron chi connectivity index (χ3n) is 9.94. The van der Waals surface area contributed by atoms with Crippen LogP contribution in [0.15, 0.2) is 46.9 Å². The Bertz CT molecular complexity index is 1560. The van der Waals surface area contributed by atoms with E-state index in [2.05, 4.69) is 110 Å². The van der Waals surface area contributed by atoms with Gasteiger partial charge in [-0.25, -0.2) is 0 Å². The zero-order valence-electron chi connectivity index (χ0n) is 24.3. The van der Waals surface area contributed by atoms with Crippen molar-refractivity contribution >= 4 is 33.3 Å². The highest BCUT2D eigenvalue weighted by Gasteiger charge is 2.39. The zero-order chi connectivity index (χ0) is 26.5. The van der Waals surface area contributed by atoms with Crippen LogP contribution < -0.4 is 5.32 Å². The first-order chi connectivity index (χ1) is 17.2. The van der Waals surface area contributed by atoms with Crippen molar-refractivity contribution in [2.75, 3.05) is 5.32 Å². The number of furan rings is 1. The summed E-state index contributed by atoms with van der Waals surface area (Å²) in [6.45, 7) is 21.4. The van der Waals surface area contributed by atoms with Crippen molar-refractivity contribution in [2.45, 2.75) is 110 Å². The van der Waals surface area contributed by atoms with Gasteiger partial charge in [0.15, 0.2) is 0 Å². The Kier molecular flexibility index (Phi) is 5.08. The first kappa shape index (κ1) is 24.6. The van der Waals surface area contributed by atoms with E-state index in [0.29, 0.717) is 0 Å². The molecule has 0 fully saturated rings. The molecule has 0 unspecified atom stereocenters. The van der Waals surface area contributed by atoms with E-state index < -0.39 is 0 Å². The number of aryl methyl sites for hydroxylation is 1. The topological polar surface area (TPSA) is 25.2 Å². The second-order valence-electron chi connectivity index (χ2n) is 14.5. The van der Waals surface area contributed by atoms with Gasteiger partial charge < -0.3 is 9.73 Å². The van der Waals surface area contributed by atoms with Gasteiger partial charge in [0.25, 0.3) is 0 Å². The largest absolute Gasteiger partial charge is 0.456 e. The molecule has 0 bridgehead atoms. The van der Waals surface area contributed by atoms with E-state index in [1.165, 1.54) is 70.0 Å². The molecule has 37 heavy (non-hydrogen) atoms. The molecule has 2 heteroatoms. The predicted molar refractivity (Wildman–Crippen MR) is 159 cm³/mol. The smallest absolute Gasteiger partial charge is 0.137 e. The van der Waals surface area contributed by atoms with Crippen molar-refractivity contribution in [3.8, 4) is 0 Å². The minimum Gasteiger partial charge on any atom is -0.456 e. The summed E-state index contributed by atoms with van der Waals surface area (Å²) < 4.78 is 6.50. The summed E-state index contributed by atoms with van der Waals surface area (Å²) in [6.07, 6.45) is 4.86. The Balaban J connectivity index is 1.53. The Morgan fingerprint density at radius 3 is 1.70 bits per heavy atom. The number of fused-ring (bicyclic) bond motifs is 5. The van der Waals surface area contributed by atoms with Crippen molar-refractivity contribution in [3.05, 3.63) is 70.3 Å². The molecule has 0 saturated carbocycles. The molecule has 1 aromatic heterocycles. The van der Waals surface area contributed by atoms with E-state index in [-0.39, 0.29) is 21.7 Å². The van der Waals surface area contributed by atoms with Gasteiger partial charge in [0.2, 0.25) is 0 Å². The lowest BCUT2D eigenvalue weighted by molar-refractivity contribution is 0.332. The van der Waals surface area contributed by atoms with Gasteiger partial charge in [0.05, 0.1) is 11.1 Å². The molecule has 2 aliphatic carbocycles. The van der Waals surface area contributed by atoms with Gasteiger partial charge in [0, 0.05) is 11.1 Å². The quantitative estimate of drug-likeness (QED) is 0.300. The van der Waals surface area contributed by atoms with Crippen LogP contribution in [0.3, 0.4) is 0 Å². The summed E-state index contributed by atoms with van der Waals surface area (Å²) in [5, 5.41) is 6.28. The number of benzene rings is 3. The SMILES string of the molecule is Cc1cc2c(cc1Nc1cccc3oc4cc5c(cc4c13)C(C)(C)CCC5(C)C)C(C)(C)CCC2(C)C. The fourth-order valence-corrected chi connectivity index (χ4v) is 6.99. The van der Waals surface area contributed by atoms with E-state index in [9.17, 15) is 0 Å². The summed E-state index contributed by atoms with van der Waals surface area (Å²) in [6, 6.07) is 16.1. The highest BCUT2D eigenvalue weighted by Crippen LogP contribution is 2.50. The standard InChI is InChI=1S/C35H43NO/c1-21-17-23-25(34(6,7)15-13-32(23,2)3)19-28(21)36-27-11-10-12-29-31(27)22-18-24-26(20-30(22)37-29)35(8,9)16-14-33(24,4)5/h10-12,17-20,36H,13-16H2,1-9H3. The molecule has 0 aliphatic heterocycles. The third kappa shape index (κ3) is 3.74. The summed E-state index contributed by atoms with van der Waals surface area (Å²) in [7, 11) is 0. The highest BCUT2D eigenvalue weighted by molar-refractivity contribution is 6.12. The van der Waals surface area contributed by atoms with Crippen molar-refractivity contribution in [3.63, 3.8) is 0 Å². The molecule has 2 aliphatic rings. The number of nitrogens with one attached hydrogen (secondary N) is 1. The second-order valence-corrected chi connectivity index (χ2v) is 14.5. The van der Waals surface area contributed by atoms with Crippen molar-refractivity contribution in [1.82, 2.24) is 0 Å². The summed E-state index contributed by atoms with van der Waals surface area (Å²) in [5.74, 6) is 0. The van der Waals surface area contributed by atoms with Crippen molar-refractivity contribution in [1.29, 1.82) is 0 Å². The fraction of sp³-hybridized carbons (Fsp3) is 0.486. The lowest BCUT2D eigenvalue weighted by atomic mass is 9.63. The number of hydrogen-bond donors (Lipinski definition) is 1. The maximum absolute atomic E-state index is 6.50. The third-order valence-corrected chi connectivity index (χ3v) is 9.94. The summed E-state index contributed by atoms with van der Waals surface area (Å²) in [5.41, 5.74) is 12.2. The first-order valence-corrected chi connectivity index (χ1v) is 14.1. The lowest BCUT2D eigenvalue weighted by Crippen LogP contribution is -2.34. The first-order valence-electron chi connectivity index (χ1n) is 14.1. The van der Waals surface area contributed by atoms with Crippen LogP contribution in [0.5, 0.6) is 0 Å². The fourth-order valence-electron chi connectivity index (χ4n) is 6.99. The Hall–Kier alpha value is -2.74. The minimum atomic E-state index is 0.165. The van der Waals surface area contributed by atoms with Crippen LogP contribution in [-0.2, 0) is 21.7 Å². The molecule has 0 atom stereocenters. The van der Waals surface area contributed by atoms with Gasteiger partial charge >= 0.3 is 0 Å². The zero-order valence-corrected chi connectivity index (χ0v) is 24.3. The molecular formula is C35H43NO. The van der Waals surface area contributed by atoms with E-state index >= 15 is 0 Å². The molecule has 2 nitrogen and oxygen atoms in total. The Morgan fingerprint density at radius 2 is 1.11 bits per heavy atom. The maximum Gasteiger partial charge on any atom is 0.137 e. The van der Waals surface area contributed by atoms with Gasteiger partial charge in [-0.15, -0.1) is 0 Å². The Morgan fingerprint density at radius 1 is 0.595 bits per heavy atom. The van der Waals surface area contributed by atoms with Crippen LogP contribution in [0.25, 0.3) is 21.9 Å². The second kappa shape index (κ2) is 7.65. The molecule has 0 spiro atoms. The van der Waals surface area contributed by atoms with Crippen LogP contribution in [-0.4, -0.2) is 0 Å². The monoisotopic (exact) mass is 493 g/mol. The molecule has 3 aromatic carbocycles. The van der Waals surface area contributed by atoms with Crippen LogP contribution in [0.4, 0.5) is 11.4 Å². The van der Waals surface area contributed by atoms with Crippen LogP contribution >= 0.6 is 0 Å². The highest BCUT2D eigenvalue weighted by atomic mass is 16.3. The molecular weight excluding hydrogens is 450 g/mol. The van der Waals surface area contributed by atoms with Gasteiger partial charge in [-0.2, -0.15) is 0 Å². The summed E-state index contributed by atoms with van der Waals surface area (Å²) in [4.78, 5) is 0. The van der Waals surface area contributed by atoms with Crippen molar-refractivity contribution in [2.24, 2.45) is 0 Å². The van der Waals surface area contributed by atoms with Gasteiger partial charge in [-0.1, -0.05) is 67.5 Å². The Labute approximate surface area is 222 Å². The van der Waals surface area contributed by atoms with Gasteiger partial charge in [-0.05, 0) is 112 Å². The number of hydrogen-bond acceptors (Lipinski definition) is 2. The van der Waals surface area contributed by atoms with Crippen LogP contribution in [0, 0.1) is 6.92 Å². The van der Waals surface area contributed by atoms with Crippen molar-refractivity contribution < 1.29 is 4.42 Å². The predicted octanol–water partition coefficient (Wildman–Crippen LogP) is 10.3. The molecule has 4 aromatic rings. The number of anilines is 2. The molecule has 0 amide bonds. The molecule has 6 rings (SSSR count). The van der Waals surface area contributed by atoms with E-state index in [0.717, 1.165) is 16.9 Å². The molecule has 0 radical (unpaired) electrons. The molecule has 0 saturated heterocycles.